The van der Waals surface area contributed by atoms with Crippen molar-refractivity contribution in [1.29, 1.82) is 0 Å². The SMILES string of the molecule is CCC(Nc1ncnc2c(C(N)=O)cccc12)c1cccc(NC(=O)c2ccccc2)c1. The fourth-order valence-electron chi connectivity index (χ4n) is 3.61. The molecule has 7 heteroatoms. The van der Waals surface area contributed by atoms with E-state index in [1.165, 1.54) is 6.33 Å². The van der Waals surface area contributed by atoms with Crippen molar-refractivity contribution in [3.8, 4) is 0 Å². The summed E-state index contributed by atoms with van der Waals surface area (Å²) in [5.74, 6) is -0.0812. The lowest BCUT2D eigenvalue weighted by molar-refractivity contribution is 0.0999. The normalized spacial score (nSPS) is 11.7. The number of carbonyl (C=O) groups is 2. The van der Waals surface area contributed by atoms with E-state index >= 15 is 0 Å². The van der Waals surface area contributed by atoms with Gasteiger partial charge in [-0.2, -0.15) is 0 Å². The molecule has 1 atom stereocenters. The molecule has 2 amide bonds. The summed E-state index contributed by atoms with van der Waals surface area (Å²) < 4.78 is 0. The van der Waals surface area contributed by atoms with Gasteiger partial charge in [0, 0.05) is 16.6 Å². The first-order valence-electron chi connectivity index (χ1n) is 10.3. The second-order valence-corrected chi connectivity index (χ2v) is 7.34. The standard InChI is InChI=1S/C25H23N5O2/c1-2-21(30-24-20-13-7-12-19(23(26)31)22(20)27-15-28-24)17-10-6-11-18(14-17)29-25(32)16-8-4-3-5-9-16/h3-15,21H,2H2,1H3,(H2,26,31)(H,29,32)(H,27,28,30). The fourth-order valence-corrected chi connectivity index (χ4v) is 3.61. The smallest absolute Gasteiger partial charge is 0.255 e. The summed E-state index contributed by atoms with van der Waals surface area (Å²) in [4.78, 5) is 32.9. The molecule has 0 bridgehead atoms. The molecule has 1 unspecified atom stereocenters. The summed E-state index contributed by atoms with van der Waals surface area (Å²) in [6, 6.07) is 22.0. The van der Waals surface area contributed by atoms with Gasteiger partial charge in [0.15, 0.2) is 0 Å². The Bertz CT molecular complexity index is 1270. The van der Waals surface area contributed by atoms with Crippen LogP contribution in [-0.2, 0) is 0 Å². The predicted octanol–water partition coefficient (Wildman–Crippen LogP) is 4.54. The van der Waals surface area contributed by atoms with Gasteiger partial charge in [0.2, 0.25) is 0 Å². The summed E-state index contributed by atoms with van der Waals surface area (Å²) in [5, 5.41) is 7.12. The Hall–Kier alpha value is -4.26. The Morgan fingerprint density at radius 2 is 1.75 bits per heavy atom. The topological polar surface area (TPSA) is 110 Å². The number of fused-ring (bicyclic) bond motifs is 1. The Morgan fingerprint density at radius 3 is 2.50 bits per heavy atom. The van der Waals surface area contributed by atoms with Crippen molar-refractivity contribution >= 4 is 34.2 Å². The lowest BCUT2D eigenvalue weighted by Crippen LogP contribution is -2.15. The van der Waals surface area contributed by atoms with Crippen LogP contribution in [0.1, 0.15) is 45.7 Å². The van der Waals surface area contributed by atoms with E-state index in [4.69, 9.17) is 5.73 Å². The van der Waals surface area contributed by atoms with Crippen molar-refractivity contribution in [3.05, 3.63) is 95.8 Å². The number of aromatic nitrogens is 2. The first-order valence-corrected chi connectivity index (χ1v) is 10.3. The average molecular weight is 425 g/mol. The Morgan fingerprint density at radius 1 is 0.969 bits per heavy atom. The minimum atomic E-state index is -0.533. The zero-order valence-electron chi connectivity index (χ0n) is 17.6. The van der Waals surface area contributed by atoms with E-state index in [0.29, 0.717) is 28.1 Å². The largest absolute Gasteiger partial charge is 0.366 e. The first kappa shape index (κ1) is 21.0. The van der Waals surface area contributed by atoms with Crippen molar-refractivity contribution in [2.45, 2.75) is 19.4 Å². The number of benzene rings is 3. The summed E-state index contributed by atoms with van der Waals surface area (Å²) in [7, 11) is 0. The zero-order chi connectivity index (χ0) is 22.5. The van der Waals surface area contributed by atoms with E-state index in [-0.39, 0.29) is 11.9 Å². The first-order chi connectivity index (χ1) is 15.6. The molecule has 1 aromatic heterocycles. The molecule has 1 heterocycles. The van der Waals surface area contributed by atoms with E-state index in [9.17, 15) is 9.59 Å². The summed E-state index contributed by atoms with van der Waals surface area (Å²) in [6.07, 6.45) is 2.19. The lowest BCUT2D eigenvalue weighted by atomic mass is 10.0. The summed E-state index contributed by atoms with van der Waals surface area (Å²) in [6.45, 7) is 2.06. The van der Waals surface area contributed by atoms with Gasteiger partial charge < -0.3 is 16.4 Å². The summed E-state index contributed by atoms with van der Waals surface area (Å²) >= 11 is 0. The maximum atomic E-state index is 12.5. The molecular weight excluding hydrogens is 402 g/mol. The number of nitrogens with zero attached hydrogens (tertiary/aromatic N) is 2. The highest BCUT2D eigenvalue weighted by Crippen LogP contribution is 2.28. The van der Waals surface area contributed by atoms with Crippen LogP contribution >= 0.6 is 0 Å². The number of nitrogens with one attached hydrogen (secondary N) is 2. The number of rotatable bonds is 7. The number of anilines is 2. The van der Waals surface area contributed by atoms with E-state index in [2.05, 4.69) is 27.5 Å². The molecule has 3 aromatic carbocycles. The highest BCUT2D eigenvalue weighted by atomic mass is 16.2. The Kier molecular flexibility index (Phi) is 6.07. The van der Waals surface area contributed by atoms with E-state index < -0.39 is 5.91 Å². The highest BCUT2D eigenvalue weighted by molar-refractivity contribution is 6.07. The number of hydrogen-bond donors (Lipinski definition) is 3. The van der Waals surface area contributed by atoms with Crippen molar-refractivity contribution in [1.82, 2.24) is 9.97 Å². The van der Waals surface area contributed by atoms with Crippen LogP contribution in [0.25, 0.3) is 10.9 Å². The molecule has 32 heavy (non-hydrogen) atoms. The van der Waals surface area contributed by atoms with Gasteiger partial charge in [-0.05, 0) is 48.4 Å². The van der Waals surface area contributed by atoms with Crippen LogP contribution < -0.4 is 16.4 Å². The number of primary amides is 1. The number of nitrogens with two attached hydrogens (primary N) is 1. The second-order valence-electron chi connectivity index (χ2n) is 7.34. The molecule has 4 aromatic rings. The molecule has 7 nitrogen and oxygen atoms in total. The molecule has 0 spiro atoms. The Balaban J connectivity index is 1.60. The second kappa shape index (κ2) is 9.26. The van der Waals surface area contributed by atoms with E-state index in [1.807, 2.05) is 48.5 Å². The molecule has 160 valence electrons. The molecule has 0 fully saturated rings. The number of para-hydroxylation sites is 1. The van der Waals surface area contributed by atoms with E-state index in [1.54, 1.807) is 24.3 Å². The van der Waals surface area contributed by atoms with Gasteiger partial charge in [0.05, 0.1) is 17.1 Å². The number of carbonyl (C=O) groups excluding carboxylic acids is 2. The van der Waals surface area contributed by atoms with Gasteiger partial charge >= 0.3 is 0 Å². The lowest BCUT2D eigenvalue weighted by Gasteiger charge is -2.20. The van der Waals surface area contributed by atoms with Gasteiger partial charge in [0.25, 0.3) is 11.8 Å². The molecule has 0 aliphatic carbocycles. The molecule has 0 aliphatic rings. The minimum Gasteiger partial charge on any atom is -0.366 e. The zero-order valence-corrected chi connectivity index (χ0v) is 17.6. The predicted molar refractivity (Wildman–Crippen MR) is 126 cm³/mol. The molecule has 0 aliphatic heterocycles. The summed E-state index contributed by atoms with van der Waals surface area (Å²) in [5.41, 5.74) is 8.66. The fraction of sp³-hybridized carbons (Fsp3) is 0.120. The van der Waals surface area contributed by atoms with Crippen molar-refractivity contribution in [2.24, 2.45) is 5.73 Å². The minimum absolute atomic E-state index is 0.0705. The van der Waals surface area contributed by atoms with Gasteiger partial charge in [-0.15, -0.1) is 0 Å². The van der Waals surface area contributed by atoms with Crippen molar-refractivity contribution in [3.63, 3.8) is 0 Å². The van der Waals surface area contributed by atoms with Crippen LogP contribution in [0.2, 0.25) is 0 Å². The van der Waals surface area contributed by atoms with Crippen LogP contribution in [0.5, 0.6) is 0 Å². The van der Waals surface area contributed by atoms with Crippen LogP contribution in [0.3, 0.4) is 0 Å². The molecule has 0 saturated carbocycles. The molecular formula is C25H23N5O2. The third-order valence-electron chi connectivity index (χ3n) is 5.23. The number of hydrogen-bond acceptors (Lipinski definition) is 5. The maximum absolute atomic E-state index is 12.5. The van der Waals surface area contributed by atoms with Gasteiger partial charge in [-0.3, -0.25) is 9.59 Å². The average Bonchev–Trinajstić information content (AvgIpc) is 2.82. The molecule has 0 radical (unpaired) electrons. The molecule has 0 saturated heterocycles. The van der Waals surface area contributed by atoms with Crippen molar-refractivity contribution in [2.75, 3.05) is 10.6 Å². The quantitative estimate of drug-likeness (QED) is 0.402. The third kappa shape index (κ3) is 4.41. The molecule has 4 rings (SSSR count). The van der Waals surface area contributed by atoms with Crippen molar-refractivity contribution < 1.29 is 9.59 Å². The van der Waals surface area contributed by atoms with Crippen LogP contribution in [0.15, 0.2) is 79.1 Å². The van der Waals surface area contributed by atoms with Gasteiger partial charge in [0.1, 0.15) is 12.1 Å². The Labute approximate surface area is 185 Å². The van der Waals surface area contributed by atoms with Crippen LogP contribution in [0.4, 0.5) is 11.5 Å². The maximum Gasteiger partial charge on any atom is 0.255 e. The van der Waals surface area contributed by atoms with Crippen LogP contribution in [0, 0.1) is 0 Å². The molecule has 4 N–H and O–H groups in total. The number of amides is 2. The van der Waals surface area contributed by atoms with Gasteiger partial charge in [-0.25, -0.2) is 9.97 Å². The highest BCUT2D eigenvalue weighted by Gasteiger charge is 2.16. The van der Waals surface area contributed by atoms with Gasteiger partial charge in [-0.1, -0.05) is 43.3 Å². The van der Waals surface area contributed by atoms with Crippen LogP contribution in [-0.4, -0.2) is 21.8 Å². The third-order valence-corrected chi connectivity index (χ3v) is 5.23. The monoisotopic (exact) mass is 425 g/mol. The van der Waals surface area contributed by atoms with E-state index in [0.717, 1.165) is 17.4 Å².